The second-order valence-corrected chi connectivity index (χ2v) is 6.00. The van der Waals surface area contributed by atoms with Gasteiger partial charge < -0.3 is 15.0 Å². The number of hydrogen-bond acceptors (Lipinski definition) is 4. The molecule has 0 radical (unpaired) electrons. The maximum Gasteiger partial charge on any atom is 0.389 e. The minimum Gasteiger partial charge on any atom is -0.358 e. The van der Waals surface area contributed by atoms with E-state index in [4.69, 9.17) is 0 Å². The van der Waals surface area contributed by atoms with E-state index in [1.807, 2.05) is 0 Å². The van der Waals surface area contributed by atoms with Gasteiger partial charge in [-0.15, -0.1) is 0 Å². The maximum absolute atomic E-state index is 12.3. The van der Waals surface area contributed by atoms with Gasteiger partial charge in [-0.1, -0.05) is 37.3 Å². The van der Waals surface area contributed by atoms with Gasteiger partial charge in [0, 0.05) is 13.1 Å². The quantitative estimate of drug-likeness (QED) is 0.619. The van der Waals surface area contributed by atoms with Crippen LogP contribution in [0.25, 0.3) is 5.57 Å². The van der Waals surface area contributed by atoms with Crippen molar-refractivity contribution >= 4 is 17.3 Å². The molecule has 1 aromatic heterocycles. The Balaban J connectivity index is 1.60. The van der Waals surface area contributed by atoms with E-state index in [0.29, 0.717) is 13.1 Å². The molecule has 0 fully saturated rings. The van der Waals surface area contributed by atoms with Crippen molar-refractivity contribution in [3.63, 3.8) is 0 Å². The third-order valence-electron chi connectivity index (χ3n) is 4.41. The van der Waals surface area contributed by atoms with Crippen molar-refractivity contribution in [3.05, 3.63) is 63.8 Å². The summed E-state index contributed by atoms with van der Waals surface area (Å²) in [5.74, 6) is -0.334. The van der Waals surface area contributed by atoms with Gasteiger partial charge in [0.2, 0.25) is 5.91 Å². The summed E-state index contributed by atoms with van der Waals surface area (Å²) in [5.41, 5.74) is 3.76. The standard InChI is InChI=1S/C18H20N4O3/c1-2-14-3-5-15(6-4-14)16-7-10-20(11-8-16)18(23)13-21-12-9-17(19-21)22(24)25/h3-7,9,12H,2,8,10-11,13H2,1H3. The Hall–Kier alpha value is -2.96. The van der Waals surface area contributed by atoms with Crippen molar-refractivity contribution in [2.75, 3.05) is 13.1 Å². The zero-order chi connectivity index (χ0) is 17.8. The molecule has 1 aromatic carbocycles. The van der Waals surface area contributed by atoms with Crippen LogP contribution in [0.2, 0.25) is 0 Å². The van der Waals surface area contributed by atoms with Crippen LogP contribution in [0.1, 0.15) is 24.5 Å². The summed E-state index contributed by atoms with van der Waals surface area (Å²) in [7, 11) is 0. The highest BCUT2D eigenvalue weighted by molar-refractivity contribution is 5.78. The Labute approximate surface area is 145 Å². The fourth-order valence-corrected chi connectivity index (χ4v) is 2.89. The summed E-state index contributed by atoms with van der Waals surface area (Å²) in [6, 6.07) is 9.83. The van der Waals surface area contributed by atoms with E-state index in [1.165, 1.54) is 33.6 Å². The van der Waals surface area contributed by atoms with Gasteiger partial charge in [0.25, 0.3) is 0 Å². The predicted molar refractivity (Wildman–Crippen MR) is 93.9 cm³/mol. The number of carbonyl (C=O) groups excluding carboxylic acids is 1. The number of rotatable bonds is 5. The number of nitrogens with zero attached hydrogens (tertiary/aromatic N) is 4. The van der Waals surface area contributed by atoms with Crippen LogP contribution in [0.3, 0.4) is 0 Å². The van der Waals surface area contributed by atoms with Gasteiger partial charge in [0.05, 0.1) is 17.4 Å². The van der Waals surface area contributed by atoms with Gasteiger partial charge >= 0.3 is 5.82 Å². The highest BCUT2D eigenvalue weighted by Crippen LogP contribution is 2.23. The fourth-order valence-electron chi connectivity index (χ4n) is 2.89. The molecule has 0 N–H and O–H groups in total. The van der Waals surface area contributed by atoms with Crippen LogP contribution in [-0.2, 0) is 17.8 Å². The topological polar surface area (TPSA) is 81.3 Å². The first-order valence-electron chi connectivity index (χ1n) is 8.31. The largest absolute Gasteiger partial charge is 0.389 e. The molecule has 1 aliphatic rings. The Morgan fingerprint density at radius 3 is 2.60 bits per heavy atom. The van der Waals surface area contributed by atoms with E-state index in [-0.39, 0.29) is 18.3 Å². The molecule has 0 saturated heterocycles. The van der Waals surface area contributed by atoms with E-state index in [2.05, 4.69) is 42.4 Å². The molecule has 0 saturated carbocycles. The van der Waals surface area contributed by atoms with Crippen molar-refractivity contribution in [1.29, 1.82) is 0 Å². The molecule has 25 heavy (non-hydrogen) atoms. The number of aromatic nitrogens is 2. The zero-order valence-electron chi connectivity index (χ0n) is 14.1. The lowest BCUT2D eigenvalue weighted by Gasteiger charge is -2.26. The molecule has 2 heterocycles. The van der Waals surface area contributed by atoms with Crippen LogP contribution in [0, 0.1) is 10.1 Å². The highest BCUT2D eigenvalue weighted by Gasteiger charge is 2.20. The highest BCUT2D eigenvalue weighted by atomic mass is 16.6. The molecule has 0 aliphatic carbocycles. The van der Waals surface area contributed by atoms with E-state index < -0.39 is 4.92 Å². The maximum atomic E-state index is 12.3. The van der Waals surface area contributed by atoms with Crippen molar-refractivity contribution < 1.29 is 9.72 Å². The second-order valence-electron chi connectivity index (χ2n) is 6.00. The average molecular weight is 340 g/mol. The van der Waals surface area contributed by atoms with E-state index >= 15 is 0 Å². The number of nitro groups is 1. The molecule has 7 heteroatoms. The van der Waals surface area contributed by atoms with Crippen LogP contribution in [-0.4, -0.2) is 38.6 Å². The first kappa shape index (κ1) is 16.9. The first-order chi connectivity index (χ1) is 12.1. The van der Waals surface area contributed by atoms with E-state index in [1.54, 1.807) is 4.90 Å². The lowest BCUT2D eigenvalue weighted by Crippen LogP contribution is -2.37. The van der Waals surface area contributed by atoms with Crippen molar-refractivity contribution in [2.24, 2.45) is 0 Å². The lowest BCUT2D eigenvalue weighted by molar-refractivity contribution is -0.389. The molecule has 0 spiro atoms. The van der Waals surface area contributed by atoms with Crippen molar-refractivity contribution in [3.8, 4) is 0 Å². The number of benzene rings is 1. The number of amides is 1. The molecule has 3 rings (SSSR count). The monoisotopic (exact) mass is 340 g/mol. The van der Waals surface area contributed by atoms with Crippen LogP contribution >= 0.6 is 0 Å². The fraction of sp³-hybridized carbons (Fsp3) is 0.333. The Morgan fingerprint density at radius 2 is 2.04 bits per heavy atom. The first-order valence-corrected chi connectivity index (χ1v) is 8.31. The predicted octanol–water partition coefficient (Wildman–Crippen LogP) is 2.67. The van der Waals surface area contributed by atoms with Crippen LogP contribution in [0.4, 0.5) is 5.82 Å². The van der Waals surface area contributed by atoms with Gasteiger partial charge in [-0.2, -0.15) is 4.68 Å². The molecule has 2 aromatic rings. The number of carbonyl (C=O) groups is 1. The Bertz CT molecular complexity index is 808. The van der Waals surface area contributed by atoms with Gasteiger partial charge in [-0.25, -0.2) is 0 Å². The van der Waals surface area contributed by atoms with Crippen molar-refractivity contribution in [2.45, 2.75) is 26.3 Å². The summed E-state index contributed by atoms with van der Waals surface area (Å²) in [5, 5.41) is 14.4. The van der Waals surface area contributed by atoms with Gasteiger partial charge in [-0.3, -0.25) is 4.79 Å². The van der Waals surface area contributed by atoms with Crippen molar-refractivity contribution in [1.82, 2.24) is 14.7 Å². The van der Waals surface area contributed by atoms with Crippen LogP contribution < -0.4 is 0 Å². The van der Waals surface area contributed by atoms with E-state index in [0.717, 1.165) is 12.8 Å². The smallest absolute Gasteiger partial charge is 0.358 e. The van der Waals surface area contributed by atoms with Gasteiger partial charge in [0.1, 0.15) is 6.54 Å². The molecule has 7 nitrogen and oxygen atoms in total. The average Bonchev–Trinajstić information content (AvgIpc) is 3.11. The second kappa shape index (κ2) is 7.29. The molecule has 0 bridgehead atoms. The van der Waals surface area contributed by atoms with Crippen LogP contribution in [0.5, 0.6) is 0 Å². The summed E-state index contributed by atoms with van der Waals surface area (Å²) >= 11 is 0. The van der Waals surface area contributed by atoms with Gasteiger partial charge in [-0.05, 0) is 34.5 Å². The normalized spacial score (nSPS) is 14.3. The summed E-state index contributed by atoms with van der Waals surface area (Å²) in [6.07, 6.45) is 5.36. The molecule has 1 amide bonds. The summed E-state index contributed by atoms with van der Waals surface area (Å²) < 4.78 is 1.31. The molecule has 1 aliphatic heterocycles. The molecular formula is C18H20N4O3. The third-order valence-corrected chi connectivity index (χ3v) is 4.41. The molecule has 0 unspecified atom stereocenters. The van der Waals surface area contributed by atoms with Gasteiger partial charge in [0.15, 0.2) is 0 Å². The Morgan fingerprint density at radius 1 is 1.28 bits per heavy atom. The van der Waals surface area contributed by atoms with E-state index in [9.17, 15) is 14.9 Å². The minimum absolute atomic E-state index is 0.0161. The Kier molecular flexibility index (Phi) is 4.92. The van der Waals surface area contributed by atoms with Crippen LogP contribution in [0.15, 0.2) is 42.6 Å². The summed E-state index contributed by atoms with van der Waals surface area (Å²) in [6.45, 7) is 3.34. The molecular weight excluding hydrogens is 320 g/mol. The molecule has 130 valence electrons. The lowest BCUT2D eigenvalue weighted by atomic mass is 9.98. The number of aryl methyl sites for hydroxylation is 1. The minimum atomic E-state index is -0.569. The number of hydrogen-bond donors (Lipinski definition) is 0. The summed E-state index contributed by atoms with van der Waals surface area (Å²) in [4.78, 5) is 24.2. The third kappa shape index (κ3) is 3.93. The zero-order valence-corrected chi connectivity index (χ0v) is 14.1. The SMILES string of the molecule is CCc1ccc(C2=CCN(C(=O)Cn3ccc([N+](=O)[O-])n3)CC2)cc1. The molecule has 0 atom stereocenters.